The molecule has 4 aromatic carbocycles. The SMILES string of the molecule is CC(=O)/C=C(/C)O.[Ir].[c-]1ccc2c(oc3ccccc32)c1-c1cc2oc(-c3ccccc3)c(-c3ccccc3)c2cn1. The second-order valence-electron chi connectivity index (χ2n) is 9.69. The van der Waals surface area contributed by atoms with Crippen LogP contribution in [0.3, 0.4) is 0 Å². The van der Waals surface area contributed by atoms with Crippen molar-refractivity contribution < 1.29 is 38.8 Å². The smallest absolute Gasteiger partial charge is 0.155 e. The van der Waals surface area contributed by atoms with Crippen molar-refractivity contribution in [2.24, 2.45) is 0 Å². The van der Waals surface area contributed by atoms with Gasteiger partial charge in [0.15, 0.2) is 5.78 Å². The summed E-state index contributed by atoms with van der Waals surface area (Å²) in [6, 6.07) is 37.9. The molecule has 3 heterocycles. The minimum Gasteiger partial charge on any atom is -0.512 e. The normalized spacial score (nSPS) is 11.2. The fraction of sp³-hybridized carbons (Fsp3) is 0.0556. The van der Waals surface area contributed by atoms with Gasteiger partial charge in [-0.2, -0.15) is 0 Å². The monoisotopic (exact) mass is 729 g/mol. The number of carbonyl (C=O) groups is 1. The van der Waals surface area contributed by atoms with Gasteiger partial charge in [0, 0.05) is 54.3 Å². The van der Waals surface area contributed by atoms with Crippen LogP contribution in [0.2, 0.25) is 0 Å². The van der Waals surface area contributed by atoms with Gasteiger partial charge in [0.25, 0.3) is 0 Å². The molecule has 0 atom stereocenters. The minimum absolute atomic E-state index is 0. The Hall–Kier alpha value is -4.77. The molecule has 6 heteroatoms. The summed E-state index contributed by atoms with van der Waals surface area (Å²) in [6.07, 6.45) is 3.07. The van der Waals surface area contributed by atoms with E-state index in [1.165, 1.54) is 19.9 Å². The molecule has 0 saturated heterocycles. The maximum Gasteiger partial charge on any atom is 0.155 e. The Bertz CT molecular complexity index is 2040. The zero-order valence-electron chi connectivity index (χ0n) is 22.9. The van der Waals surface area contributed by atoms with Crippen molar-refractivity contribution in [3.63, 3.8) is 0 Å². The Morgan fingerprint density at radius 2 is 1.45 bits per heavy atom. The molecular weight excluding hydrogens is 703 g/mol. The zero-order chi connectivity index (χ0) is 28.3. The number of fused-ring (bicyclic) bond motifs is 4. The van der Waals surface area contributed by atoms with E-state index in [1.807, 2.05) is 79.0 Å². The molecule has 0 spiro atoms. The number of ketones is 1. The van der Waals surface area contributed by atoms with Crippen molar-refractivity contribution in [3.8, 4) is 33.7 Å². The number of nitrogens with zero attached hydrogens (tertiary/aromatic N) is 1. The molecule has 0 unspecified atom stereocenters. The molecule has 0 bridgehead atoms. The van der Waals surface area contributed by atoms with Gasteiger partial charge in [0.05, 0.1) is 11.3 Å². The number of pyridine rings is 1. The Morgan fingerprint density at radius 3 is 2.12 bits per heavy atom. The Balaban J connectivity index is 0.000000396. The van der Waals surface area contributed by atoms with Crippen LogP contribution in [0, 0.1) is 6.07 Å². The summed E-state index contributed by atoms with van der Waals surface area (Å²) < 4.78 is 12.7. The average molecular weight is 729 g/mol. The van der Waals surface area contributed by atoms with Crippen LogP contribution in [-0.2, 0) is 24.9 Å². The first kappa shape index (κ1) is 28.7. The molecule has 7 rings (SSSR count). The molecule has 0 aliphatic carbocycles. The Labute approximate surface area is 256 Å². The van der Waals surface area contributed by atoms with E-state index in [4.69, 9.17) is 18.9 Å². The fourth-order valence-electron chi connectivity index (χ4n) is 4.99. The van der Waals surface area contributed by atoms with Gasteiger partial charge in [0.2, 0.25) is 0 Å². The number of hydrogen-bond acceptors (Lipinski definition) is 5. The molecular formula is C36H26IrNO4-. The molecule has 0 aliphatic rings. The summed E-state index contributed by atoms with van der Waals surface area (Å²) in [5.74, 6) is 0.777. The first-order valence-electron chi connectivity index (χ1n) is 13.2. The number of aliphatic hydroxyl groups is 1. The van der Waals surface area contributed by atoms with Crippen molar-refractivity contribution in [2.45, 2.75) is 13.8 Å². The molecule has 5 nitrogen and oxygen atoms in total. The summed E-state index contributed by atoms with van der Waals surface area (Å²) in [6.45, 7) is 2.85. The fourth-order valence-corrected chi connectivity index (χ4v) is 4.99. The van der Waals surface area contributed by atoms with Gasteiger partial charge in [-0.15, -0.1) is 18.2 Å². The number of para-hydroxylation sites is 1. The third kappa shape index (κ3) is 5.68. The maximum absolute atomic E-state index is 10.0. The van der Waals surface area contributed by atoms with Crippen LogP contribution in [0.5, 0.6) is 0 Å². The van der Waals surface area contributed by atoms with Crippen molar-refractivity contribution in [3.05, 3.63) is 127 Å². The van der Waals surface area contributed by atoms with Crippen molar-refractivity contribution >= 4 is 38.7 Å². The number of rotatable bonds is 4. The quantitative estimate of drug-likeness (QED) is 0.111. The average Bonchev–Trinajstić information content (AvgIpc) is 3.56. The molecule has 0 fully saturated rings. The third-order valence-corrected chi connectivity index (χ3v) is 6.68. The van der Waals surface area contributed by atoms with Gasteiger partial charge in [-0.1, -0.05) is 89.8 Å². The number of carbonyl (C=O) groups excluding carboxylic acids is 1. The summed E-state index contributed by atoms with van der Waals surface area (Å²) in [5, 5.41) is 11.5. The van der Waals surface area contributed by atoms with E-state index in [9.17, 15) is 4.79 Å². The summed E-state index contributed by atoms with van der Waals surface area (Å²) in [4.78, 5) is 14.9. The molecule has 0 saturated carbocycles. The van der Waals surface area contributed by atoms with E-state index in [0.717, 1.165) is 66.6 Å². The maximum atomic E-state index is 10.0. The molecule has 0 amide bonds. The van der Waals surface area contributed by atoms with Crippen molar-refractivity contribution in [1.29, 1.82) is 0 Å². The van der Waals surface area contributed by atoms with Gasteiger partial charge in [-0.3, -0.25) is 4.79 Å². The Kier molecular flexibility index (Phi) is 8.48. The van der Waals surface area contributed by atoms with Crippen LogP contribution in [0.4, 0.5) is 0 Å². The van der Waals surface area contributed by atoms with Crippen LogP contribution in [0.1, 0.15) is 13.8 Å². The summed E-state index contributed by atoms with van der Waals surface area (Å²) in [5.41, 5.74) is 7.20. The predicted molar refractivity (Wildman–Crippen MR) is 163 cm³/mol. The molecule has 1 N–H and O–H groups in total. The van der Waals surface area contributed by atoms with Crippen LogP contribution < -0.4 is 0 Å². The Morgan fingerprint density at radius 1 is 0.786 bits per heavy atom. The second-order valence-corrected chi connectivity index (χ2v) is 9.69. The van der Waals surface area contributed by atoms with E-state index in [2.05, 4.69) is 36.4 Å². The standard InChI is InChI=1S/C31H18NO2.C5H8O2.Ir/c1-3-10-20(11-4-1)29-25-19-32-26(18-28(25)34-30(29)21-12-5-2-6-13-21)24-16-9-15-23-22-14-7-8-17-27(22)33-31(23)24;1-4(6)3-5(2)7;/h1-15,17-19H;3,6H,1-2H3;/q-1;;/b;4-3-;. The third-order valence-electron chi connectivity index (χ3n) is 6.68. The molecule has 42 heavy (non-hydrogen) atoms. The molecule has 0 aliphatic heterocycles. The van der Waals surface area contributed by atoms with Crippen LogP contribution in [0.15, 0.2) is 130 Å². The topological polar surface area (TPSA) is 76.5 Å². The van der Waals surface area contributed by atoms with E-state index >= 15 is 0 Å². The first-order valence-corrected chi connectivity index (χ1v) is 13.2. The zero-order valence-corrected chi connectivity index (χ0v) is 25.3. The van der Waals surface area contributed by atoms with Gasteiger partial charge in [-0.05, 0) is 37.2 Å². The van der Waals surface area contributed by atoms with E-state index < -0.39 is 0 Å². The second kappa shape index (κ2) is 12.4. The van der Waals surface area contributed by atoms with Gasteiger partial charge < -0.3 is 18.9 Å². The van der Waals surface area contributed by atoms with Crippen molar-refractivity contribution in [1.82, 2.24) is 4.98 Å². The number of benzene rings is 4. The van der Waals surface area contributed by atoms with E-state index in [0.29, 0.717) is 0 Å². The molecule has 7 aromatic rings. The van der Waals surface area contributed by atoms with Gasteiger partial charge in [0.1, 0.15) is 16.9 Å². The molecule has 1 radical (unpaired) electrons. The number of hydrogen-bond donors (Lipinski definition) is 1. The summed E-state index contributed by atoms with van der Waals surface area (Å²) in [7, 11) is 0. The number of allylic oxidation sites excluding steroid dienone is 2. The molecule has 209 valence electrons. The van der Waals surface area contributed by atoms with Crippen LogP contribution in [-0.4, -0.2) is 15.9 Å². The van der Waals surface area contributed by atoms with Crippen LogP contribution >= 0.6 is 0 Å². The largest absolute Gasteiger partial charge is 0.512 e. The predicted octanol–water partition coefficient (Wildman–Crippen LogP) is 9.56. The van der Waals surface area contributed by atoms with E-state index in [1.54, 1.807) is 0 Å². The number of aromatic nitrogens is 1. The van der Waals surface area contributed by atoms with E-state index in [-0.39, 0.29) is 31.6 Å². The number of aliphatic hydroxyl groups excluding tert-OH is 1. The minimum atomic E-state index is -0.125. The van der Waals surface area contributed by atoms with Crippen LogP contribution in [0.25, 0.3) is 66.6 Å². The van der Waals surface area contributed by atoms with Crippen molar-refractivity contribution in [2.75, 3.05) is 0 Å². The van der Waals surface area contributed by atoms with Gasteiger partial charge in [-0.25, -0.2) is 0 Å². The molecule has 3 aromatic heterocycles. The number of furan rings is 2. The van der Waals surface area contributed by atoms with Gasteiger partial charge >= 0.3 is 0 Å². The first-order chi connectivity index (χ1) is 20.0. The summed E-state index contributed by atoms with van der Waals surface area (Å²) >= 11 is 0.